The van der Waals surface area contributed by atoms with Gasteiger partial charge in [0, 0.05) is 31.4 Å². The standard InChI is InChI=1S/C18H26N4/c1-3-22(4-2)13-12-21-18-17(14-19)16(10-11-20-18)15-8-6-5-7-9-15/h5-11H,3-4,12-14,19H2,1-2H3,(H,20,21). The molecule has 22 heavy (non-hydrogen) atoms. The Morgan fingerprint density at radius 2 is 1.82 bits per heavy atom. The van der Waals surface area contributed by atoms with Crippen LogP contribution in [0.1, 0.15) is 19.4 Å². The number of hydrogen-bond donors (Lipinski definition) is 2. The van der Waals surface area contributed by atoms with E-state index >= 15 is 0 Å². The molecule has 0 bridgehead atoms. The van der Waals surface area contributed by atoms with Crippen molar-refractivity contribution >= 4 is 5.82 Å². The number of rotatable bonds is 8. The van der Waals surface area contributed by atoms with E-state index < -0.39 is 0 Å². The SMILES string of the molecule is CCN(CC)CCNc1nccc(-c2ccccc2)c1CN. The Hall–Kier alpha value is -1.91. The lowest BCUT2D eigenvalue weighted by Crippen LogP contribution is -2.29. The maximum absolute atomic E-state index is 5.98. The summed E-state index contributed by atoms with van der Waals surface area (Å²) in [6.45, 7) is 8.87. The fourth-order valence-electron chi connectivity index (χ4n) is 2.61. The van der Waals surface area contributed by atoms with Gasteiger partial charge in [0.05, 0.1) is 0 Å². The predicted molar refractivity (Wildman–Crippen MR) is 93.8 cm³/mol. The second-order valence-electron chi connectivity index (χ2n) is 5.21. The van der Waals surface area contributed by atoms with Crippen LogP contribution in [0.4, 0.5) is 5.82 Å². The largest absolute Gasteiger partial charge is 0.369 e. The zero-order valence-electron chi connectivity index (χ0n) is 13.5. The highest BCUT2D eigenvalue weighted by molar-refractivity contribution is 5.71. The molecule has 4 heteroatoms. The highest BCUT2D eigenvalue weighted by Gasteiger charge is 2.10. The Kier molecular flexibility index (Phi) is 6.37. The van der Waals surface area contributed by atoms with E-state index in [0.29, 0.717) is 6.54 Å². The zero-order chi connectivity index (χ0) is 15.8. The van der Waals surface area contributed by atoms with Gasteiger partial charge in [-0.05, 0) is 30.3 Å². The highest BCUT2D eigenvalue weighted by Crippen LogP contribution is 2.27. The molecular formula is C18H26N4. The minimum absolute atomic E-state index is 0.478. The highest BCUT2D eigenvalue weighted by atomic mass is 15.1. The maximum atomic E-state index is 5.98. The van der Waals surface area contributed by atoms with Gasteiger partial charge in [-0.2, -0.15) is 0 Å². The van der Waals surface area contributed by atoms with E-state index in [4.69, 9.17) is 5.73 Å². The lowest BCUT2D eigenvalue weighted by atomic mass is 10.0. The first kappa shape index (κ1) is 16.5. The molecule has 1 heterocycles. The first-order valence-electron chi connectivity index (χ1n) is 7.99. The topological polar surface area (TPSA) is 54.2 Å². The number of benzene rings is 1. The third-order valence-electron chi connectivity index (χ3n) is 3.96. The van der Waals surface area contributed by atoms with Crippen molar-refractivity contribution in [3.8, 4) is 11.1 Å². The van der Waals surface area contributed by atoms with E-state index in [0.717, 1.165) is 43.1 Å². The quantitative estimate of drug-likeness (QED) is 0.787. The molecule has 0 aliphatic rings. The molecule has 2 aromatic rings. The summed E-state index contributed by atoms with van der Waals surface area (Å²) >= 11 is 0. The van der Waals surface area contributed by atoms with Crippen molar-refractivity contribution < 1.29 is 0 Å². The average Bonchev–Trinajstić information content (AvgIpc) is 2.59. The molecule has 3 N–H and O–H groups in total. The third kappa shape index (κ3) is 4.06. The number of aromatic nitrogens is 1. The normalized spacial score (nSPS) is 10.9. The van der Waals surface area contributed by atoms with Gasteiger partial charge < -0.3 is 16.0 Å². The van der Waals surface area contributed by atoms with Gasteiger partial charge >= 0.3 is 0 Å². The second-order valence-corrected chi connectivity index (χ2v) is 5.21. The van der Waals surface area contributed by atoms with E-state index in [1.165, 1.54) is 5.56 Å². The molecule has 4 nitrogen and oxygen atoms in total. The van der Waals surface area contributed by atoms with Gasteiger partial charge in [-0.15, -0.1) is 0 Å². The van der Waals surface area contributed by atoms with Gasteiger partial charge in [0.25, 0.3) is 0 Å². The van der Waals surface area contributed by atoms with Crippen molar-refractivity contribution in [2.45, 2.75) is 20.4 Å². The number of pyridine rings is 1. The minimum Gasteiger partial charge on any atom is -0.369 e. The van der Waals surface area contributed by atoms with E-state index in [1.54, 1.807) is 0 Å². The van der Waals surface area contributed by atoms with Crippen LogP contribution >= 0.6 is 0 Å². The number of anilines is 1. The first-order valence-corrected chi connectivity index (χ1v) is 7.99. The van der Waals surface area contributed by atoms with Crippen molar-refractivity contribution in [1.82, 2.24) is 9.88 Å². The summed E-state index contributed by atoms with van der Waals surface area (Å²) < 4.78 is 0. The van der Waals surface area contributed by atoms with Crippen molar-refractivity contribution in [2.24, 2.45) is 5.73 Å². The van der Waals surface area contributed by atoms with Crippen LogP contribution in [0.3, 0.4) is 0 Å². The Labute approximate surface area is 133 Å². The Balaban J connectivity index is 2.15. The molecule has 2 rings (SSSR count). The smallest absolute Gasteiger partial charge is 0.131 e. The molecule has 0 radical (unpaired) electrons. The summed E-state index contributed by atoms with van der Waals surface area (Å²) in [5, 5.41) is 3.44. The number of nitrogens with two attached hydrogens (primary N) is 1. The van der Waals surface area contributed by atoms with E-state index in [-0.39, 0.29) is 0 Å². The van der Waals surface area contributed by atoms with Crippen molar-refractivity contribution in [1.29, 1.82) is 0 Å². The van der Waals surface area contributed by atoms with Crippen LogP contribution in [0.2, 0.25) is 0 Å². The fraction of sp³-hybridized carbons (Fsp3) is 0.389. The number of nitrogens with zero attached hydrogens (tertiary/aromatic N) is 2. The summed E-state index contributed by atoms with van der Waals surface area (Å²) in [5.41, 5.74) is 9.39. The predicted octanol–water partition coefficient (Wildman–Crippen LogP) is 2.96. The van der Waals surface area contributed by atoms with E-state index in [9.17, 15) is 0 Å². The van der Waals surface area contributed by atoms with Crippen LogP contribution in [0.15, 0.2) is 42.6 Å². The minimum atomic E-state index is 0.478. The molecule has 0 aliphatic carbocycles. The molecular weight excluding hydrogens is 272 g/mol. The van der Waals surface area contributed by atoms with Crippen molar-refractivity contribution in [3.63, 3.8) is 0 Å². The third-order valence-corrected chi connectivity index (χ3v) is 3.96. The van der Waals surface area contributed by atoms with Crippen LogP contribution in [-0.2, 0) is 6.54 Å². The number of hydrogen-bond acceptors (Lipinski definition) is 4. The number of likely N-dealkylation sites (N-methyl/N-ethyl adjacent to an activating group) is 1. The van der Waals surface area contributed by atoms with Gasteiger partial charge in [0.1, 0.15) is 5.82 Å². The van der Waals surface area contributed by atoms with E-state index in [1.807, 2.05) is 30.5 Å². The van der Waals surface area contributed by atoms with Crippen LogP contribution in [0.25, 0.3) is 11.1 Å². The van der Waals surface area contributed by atoms with Crippen LogP contribution in [0.5, 0.6) is 0 Å². The summed E-state index contributed by atoms with van der Waals surface area (Å²) in [7, 11) is 0. The molecule has 1 aromatic heterocycles. The zero-order valence-corrected chi connectivity index (χ0v) is 13.5. The van der Waals surface area contributed by atoms with Gasteiger partial charge in [0.15, 0.2) is 0 Å². The van der Waals surface area contributed by atoms with Gasteiger partial charge in [-0.25, -0.2) is 4.98 Å². The molecule has 0 spiro atoms. The molecule has 1 aromatic carbocycles. The van der Waals surface area contributed by atoms with E-state index in [2.05, 4.69) is 41.2 Å². The van der Waals surface area contributed by atoms with Crippen LogP contribution in [0, 0.1) is 0 Å². The average molecular weight is 298 g/mol. The Bertz CT molecular complexity index is 565. The first-order chi connectivity index (χ1) is 10.8. The van der Waals surface area contributed by atoms with Gasteiger partial charge in [-0.3, -0.25) is 0 Å². The summed E-state index contributed by atoms with van der Waals surface area (Å²) in [6.07, 6.45) is 1.85. The van der Waals surface area contributed by atoms with Crippen LogP contribution < -0.4 is 11.1 Å². The summed E-state index contributed by atoms with van der Waals surface area (Å²) in [6, 6.07) is 12.4. The lowest BCUT2D eigenvalue weighted by Gasteiger charge is -2.19. The molecule has 0 saturated carbocycles. The van der Waals surface area contributed by atoms with Crippen LogP contribution in [-0.4, -0.2) is 36.1 Å². The van der Waals surface area contributed by atoms with Gasteiger partial charge in [0.2, 0.25) is 0 Å². The molecule has 0 amide bonds. The molecule has 118 valence electrons. The Morgan fingerprint density at radius 1 is 1.09 bits per heavy atom. The molecule has 0 unspecified atom stereocenters. The molecule has 0 fully saturated rings. The molecule has 0 saturated heterocycles. The van der Waals surface area contributed by atoms with Crippen molar-refractivity contribution in [2.75, 3.05) is 31.5 Å². The monoisotopic (exact) mass is 298 g/mol. The molecule has 0 atom stereocenters. The Morgan fingerprint density at radius 3 is 2.45 bits per heavy atom. The summed E-state index contributed by atoms with van der Waals surface area (Å²) in [5.74, 6) is 0.899. The second kappa shape index (κ2) is 8.51. The maximum Gasteiger partial charge on any atom is 0.131 e. The van der Waals surface area contributed by atoms with Crippen molar-refractivity contribution in [3.05, 3.63) is 48.2 Å². The molecule has 0 aliphatic heterocycles. The number of nitrogens with one attached hydrogen (secondary N) is 1. The summed E-state index contributed by atoms with van der Waals surface area (Å²) in [4.78, 5) is 6.86. The lowest BCUT2D eigenvalue weighted by molar-refractivity contribution is 0.316. The fourth-order valence-corrected chi connectivity index (χ4v) is 2.61. The van der Waals surface area contributed by atoms with Gasteiger partial charge in [-0.1, -0.05) is 44.2 Å².